The van der Waals surface area contributed by atoms with Crippen molar-refractivity contribution in [3.63, 3.8) is 0 Å². The molecule has 5 nitrogen and oxygen atoms in total. The fourth-order valence-corrected chi connectivity index (χ4v) is 5.56. The molecule has 0 amide bonds. The maximum atomic E-state index is 12.9. The molecule has 3 rings (SSSR count). The molecular formula is C25H31O5P. The van der Waals surface area contributed by atoms with Crippen LogP contribution in [0.4, 0.5) is 0 Å². The number of phenolic OH excluding ortho intramolecular Hbond substituents is 1. The molecule has 1 aliphatic carbocycles. The Hall–Kier alpha value is -2.20. The zero-order chi connectivity index (χ0) is 22.6. The number of benzene rings is 2. The van der Waals surface area contributed by atoms with E-state index >= 15 is 0 Å². The summed E-state index contributed by atoms with van der Waals surface area (Å²) in [7, 11) is -1.01. The van der Waals surface area contributed by atoms with Crippen molar-refractivity contribution in [1.82, 2.24) is 0 Å². The van der Waals surface area contributed by atoms with Crippen molar-refractivity contribution in [3.8, 4) is 5.75 Å². The van der Waals surface area contributed by atoms with Crippen molar-refractivity contribution in [2.75, 3.05) is 14.2 Å². The van der Waals surface area contributed by atoms with Crippen molar-refractivity contribution in [2.24, 2.45) is 0 Å². The highest BCUT2D eigenvalue weighted by Crippen LogP contribution is 2.59. The molecule has 166 valence electrons. The Morgan fingerprint density at radius 3 is 2.32 bits per heavy atom. The Labute approximate surface area is 184 Å². The second kappa shape index (κ2) is 9.52. The van der Waals surface area contributed by atoms with E-state index in [0.717, 1.165) is 53.5 Å². The van der Waals surface area contributed by atoms with Gasteiger partial charge in [-0.1, -0.05) is 36.4 Å². The molecule has 0 aliphatic heterocycles. The average Bonchev–Trinajstić information content (AvgIpc) is 2.79. The molecule has 0 unspecified atom stereocenters. The lowest BCUT2D eigenvalue weighted by molar-refractivity contribution is -0.116. The number of carbonyl (C=O) groups is 1. The summed E-state index contributed by atoms with van der Waals surface area (Å²) in [6.45, 7) is 3.14. The van der Waals surface area contributed by atoms with Crippen molar-refractivity contribution < 1.29 is 23.5 Å². The van der Waals surface area contributed by atoms with Crippen LogP contribution in [0.5, 0.6) is 5.75 Å². The summed E-state index contributed by atoms with van der Waals surface area (Å²) < 4.78 is 23.0. The topological polar surface area (TPSA) is 72.8 Å². The highest BCUT2D eigenvalue weighted by molar-refractivity contribution is 7.56. The molecule has 1 N–H and O–H groups in total. The Bertz CT molecular complexity index is 1020. The van der Waals surface area contributed by atoms with Crippen LogP contribution < -0.4 is 0 Å². The zero-order valence-electron chi connectivity index (χ0n) is 18.7. The van der Waals surface area contributed by atoms with Crippen molar-refractivity contribution in [2.45, 2.75) is 51.1 Å². The van der Waals surface area contributed by atoms with Gasteiger partial charge in [-0.3, -0.25) is 9.36 Å². The third kappa shape index (κ3) is 4.69. The minimum atomic E-state index is -3.59. The molecule has 0 saturated heterocycles. The fraction of sp³-hybridized carbons (Fsp3) is 0.400. The number of fused-ring (bicyclic) bond motifs is 1. The first-order valence-corrected chi connectivity index (χ1v) is 12.1. The first-order valence-electron chi connectivity index (χ1n) is 10.6. The third-order valence-corrected chi connectivity index (χ3v) is 8.71. The van der Waals surface area contributed by atoms with Crippen LogP contribution in [0.1, 0.15) is 54.5 Å². The van der Waals surface area contributed by atoms with E-state index in [2.05, 4.69) is 0 Å². The van der Waals surface area contributed by atoms with Gasteiger partial charge in [0.05, 0.1) is 0 Å². The fourth-order valence-electron chi connectivity index (χ4n) is 4.16. The Morgan fingerprint density at radius 1 is 1.10 bits per heavy atom. The van der Waals surface area contributed by atoms with E-state index in [1.807, 2.05) is 36.4 Å². The smallest absolute Gasteiger partial charge is 0.343 e. The highest BCUT2D eigenvalue weighted by atomic mass is 31.2. The number of ketones is 1. The molecule has 2 aromatic carbocycles. The lowest BCUT2D eigenvalue weighted by Crippen LogP contribution is -2.31. The highest BCUT2D eigenvalue weighted by Gasteiger charge is 2.47. The normalized spacial score (nSPS) is 14.6. The van der Waals surface area contributed by atoms with Gasteiger partial charge in [-0.25, -0.2) is 0 Å². The van der Waals surface area contributed by atoms with Gasteiger partial charge in [0.25, 0.3) is 0 Å². The Kier molecular flexibility index (Phi) is 7.20. The number of rotatable bonds is 8. The number of phenols is 1. The van der Waals surface area contributed by atoms with Gasteiger partial charge in [0.2, 0.25) is 0 Å². The van der Waals surface area contributed by atoms with Gasteiger partial charge in [-0.05, 0) is 79.5 Å². The van der Waals surface area contributed by atoms with Gasteiger partial charge in [0.1, 0.15) is 10.9 Å². The maximum absolute atomic E-state index is 12.9. The lowest BCUT2D eigenvalue weighted by Gasteiger charge is -2.28. The Morgan fingerprint density at radius 2 is 1.71 bits per heavy atom. The van der Waals surface area contributed by atoms with Crippen molar-refractivity contribution in [1.29, 1.82) is 0 Å². The largest absolute Gasteiger partial charge is 0.507 e. The summed E-state index contributed by atoms with van der Waals surface area (Å²) in [5.41, 5.74) is 4.95. The van der Waals surface area contributed by atoms with E-state index < -0.39 is 12.8 Å². The molecule has 31 heavy (non-hydrogen) atoms. The Balaban J connectivity index is 1.99. The minimum absolute atomic E-state index is 0.332. The van der Waals surface area contributed by atoms with Gasteiger partial charge in [0, 0.05) is 20.6 Å². The summed E-state index contributed by atoms with van der Waals surface area (Å²) in [6.07, 6.45) is 7.62. The van der Waals surface area contributed by atoms with Gasteiger partial charge in [0.15, 0.2) is 5.78 Å². The summed E-state index contributed by atoms with van der Waals surface area (Å²) in [4.78, 5) is 12.9. The standard InChI is InChI=1S/C25H31O5P/c1-25(2,31(28,29-3)30-4)23(26)15-14-19-17-20(16-18-10-6-5-7-11-18)24(27)22-13-9-8-12-21(19)22/h5-7,10-11,14-15,17,27H,8-9,12-13,16H2,1-4H3/b15-14+. The van der Waals surface area contributed by atoms with Gasteiger partial charge < -0.3 is 14.2 Å². The molecule has 1 aliphatic rings. The molecule has 0 bridgehead atoms. The molecule has 6 heteroatoms. The number of hydrogen-bond donors (Lipinski definition) is 1. The number of aromatic hydroxyl groups is 1. The van der Waals surface area contributed by atoms with Crippen LogP contribution in [0.25, 0.3) is 6.08 Å². The second-order valence-electron chi connectivity index (χ2n) is 8.42. The molecule has 0 atom stereocenters. The molecule has 2 aromatic rings. The zero-order valence-corrected chi connectivity index (χ0v) is 19.6. The van der Waals surface area contributed by atoms with E-state index in [9.17, 15) is 14.5 Å². The van der Waals surface area contributed by atoms with Gasteiger partial charge in [-0.2, -0.15) is 0 Å². The predicted octanol–water partition coefficient (Wildman–Crippen LogP) is 5.71. The van der Waals surface area contributed by atoms with Crippen LogP contribution in [0.3, 0.4) is 0 Å². The quantitative estimate of drug-likeness (QED) is 0.419. The van der Waals surface area contributed by atoms with Crippen LogP contribution in [-0.2, 0) is 37.7 Å². The molecule has 0 heterocycles. The van der Waals surface area contributed by atoms with Crippen molar-refractivity contribution in [3.05, 3.63) is 70.3 Å². The number of carbonyl (C=O) groups excluding carboxylic acids is 1. The summed E-state index contributed by atoms with van der Waals surface area (Å²) in [5, 5.41) is 9.63. The van der Waals surface area contributed by atoms with Crippen LogP contribution in [0, 0.1) is 0 Å². The predicted molar refractivity (Wildman–Crippen MR) is 124 cm³/mol. The van der Waals surface area contributed by atoms with Gasteiger partial charge >= 0.3 is 7.60 Å². The van der Waals surface area contributed by atoms with E-state index in [1.54, 1.807) is 19.9 Å². The lowest BCUT2D eigenvalue weighted by atomic mass is 9.84. The van der Waals surface area contributed by atoms with Gasteiger partial charge in [-0.15, -0.1) is 0 Å². The van der Waals surface area contributed by atoms with E-state index in [4.69, 9.17) is 9.05 Å². The van der Waals surface area contributed by atoms with E-state index in [0.29, 0.717) is 12.2 Å². The number of hydrogen-bond acceptors (Lipinski definition) is 5. The monoisotopic (exact) mass is 442 g/mol. The molecule has 0 aromatic heterocycles. The van der Waals surface area contributed by atoms with Crippen LogP contribution >= 0.6 is 7.60 Å². The minimum Gasteiger partial charge on any atom is -0.507 e. The molecule has 0 radical (unpaired) electrons. The molecule has 0 spiro atoms. The number of allylic oxidation sites excluding steroid dienone is 1. The first-order chi connectivity index (χ1) is 14.7. The van der Waals surface area contributed by atoms with Crippen LogP contribution in [0.2, 0.25) is 0 Å². The first kappa shape index (κ1) is 23.5. The SMILES string of the molecule is COP(=O)(OC)C(C)(C)C(=O)/C=C/c1cc(Cc2ccccc2)c(O)c2c1CCCC2. The third-order valence-electron chi connectivity index (χ3n) is 6.16. The maximum Gasteiger partial charge on any atom is 0.343 e. The molecular weight excluding hydrogens is 411 g/mol. The summed E-state index contributed by atoms with van der Waals surface area (Å²) >= 11 is 0. The van der Waals surface area contributed by atoms with E-state index in [-0.39, 0.29) is 5.78 Å². The van der Waals surface area contributed by atoms with Crippen LogP contribution in [0.15, 0.2) is 42.5 Å². The molecule has 0 saturated carbocycles. The second-order valence-corrected chi connectivity index (χ2v) is 11.3. The van der Waals surface area contributed by atoms with E-state index in [1.165, 1.54) is 20.3 Å². The average molecular weight is 442 g/mol. The van der Waals surface area contributed by atoms with Crippen molar-refractivity contribution >= 4 is 19.5 Å². The molecule has 0 fully saturated rings. The summed E-state index contributed by atoms with van der Waals surface area (Å²) in [5.74, 6) is 0.0346. The van der Waals surface area contributed by atoms with Crippen LogP contribution in [-0.4, -0.2) is 30.3 Å². The summed E-state index contributed by atoms with van der Waals surface area (Å²) in [6, 6.07) is 12.0.